The number of amides is 1. The first-order valence-electron chi connectivity index (χ1n) is 13.0. The Balaban J connectivity index is 1.71. The van der Waals surface area contributed by atoms with Gasteiger partial charge in [-0.2, -0.15) is 0 Å². The van der Waals surface area contributed by atoms with Crippen LogP contribution in [0.15, 0.2) is 84.6 Å². The number of benzene rings is 3. The lowest BCUT2D eigenvalue weighted by Crippen LogP contribution is -2.29. The zero-order valence-electron chi connectivity index (χ0n) is 22.1. The van der Waals surface area contributed by atoms with Crippen LogP contribution in [0.5, 0.6) is 5.75 Å². The highest BCUT2D eigenvalue weighted by Gasteiger charge is 2.47. The summed E-state index contributed by atoms with van der Waals surface area (Å²) in [6, 6.07) is 21.7. The van der Waals surface area contributed by atoms with E-state index in [1.807, 2.05) is 72.4 Å². The number of anilines is 1. The molecule has 1 atom stereocenters. The molecule has 5 rings (SSSR count). The third kappa shape index (κ3) is 4.47. The van der Waals surface area contributed by atoms with Crippen molar-refractivity contribution in [2.75, 3.05) is 11.5 Å². The van der Waals surface area contributed by atoms with Gasteiger partial charge in [-0.3, -0.25) is 14.5 Å². The Morgan fingerprint density at radius 2 is 1.74 bits per heavy atom. The number of carbonyl (C=O) groups excluding carboxylic acids is 2. The van der Waals surface area contributed by atoms with Crippen molar-refractivity contribution < 1.29 is 19.4 Å². The number of hydrogen-bond donors (Lipinski definition) is 1. The Morgan fingerprint density at radius 3 is 2.45 bits per heavy atom. The third-order valence-corrected chi connectivity index (χ3v) is 6.98. The summed E-state index contributed by atoms with van der Waals surface area (Å²) in [4.78, 5) is 28.7. The van der Waals surface area contributed by atoms with Crippen molar-refractivity contribution in [1.29, 1.82) is 0 Å². The Bertz CT molecular complexity index is 1550. The molecule has 0 saturated carbocycles. The molecular weight excluding hydrogens is 476 g/mol. The van der Waals surface area contributed by atoms with Crippen LogP contribution in [0.1, 0.15) is 43.5 Å². The standard InChI is InChI=1S/C32H32N2O4/c1-5-21-13-15-23(16-14-21)34-29(26-18-33(4)27-12-7-6-11-25(26)27)28(31(36)32(34)37)30(35)22-9-8-10-24(17-22)38-19-20(2)3/h6-18,20,29,35H,5,19H2,1-4H3/b30-28+. The van der Waals surface area contributed by atoms with E-state index in [-0.39, 0.29) is 11.3 Å². The van der Waals surface area contributed by atoms with Gasteiger partial charge in [-0.25, -0.2) is 0 Å². The molecule has 1 unspecified atom stereocenters. The largest absolute Gasteiger partial charge is 0.507 e. The molecule has 38 heavy (non-hydrogen) atoms. The van der Waals surface area contributed by atoms with Crippen LogP contribution in [0, 0.1) is 5.92 Å². The number of fused-ring (bicyclic) bond motifs is 1. The lowest BCUT2D eigenvalue weighted by atomic mass is 9.94. The van der Waals surface area contributed by atoms with Crippen molar-refractivity contribution in [2.24, 2.45) is 13.0 Å². The zero-order valence-corrected chi connectivity index (χ0v) is 22.1. The molecule has 3 aromatic carbocycles. The lowest BCUT2D eigenvalue weighted by molar-refractivity contribution is -0.132. The van der Waals surface area contributed by atoms with Gasteiger partial charge in [0.2, 0.25) is 0 Å². The minimum atomic E-state index is -0.797. The monoisotopic (exact) mass is 508 g/mol. The Kier molecular flexibility index (Phi) is 6.81. The van der Waals surface area contributed by atoms with E-state index in [0.29, 0.717) is 29.5 Å². The van der Waals surface area contributed by atoms with Crippen LogP contribution >= 0.6 is 0 Å². The van der Waals surface area contributed by atoms with Gasteiger partial charge < -0.3 is 14.4 Å². The smallest absolute Gasteiger partial charge is 0.300 e. The van der Waals surface area contributed by atoms with E-state index in [1.165, 1.54) is 4.90 Å². The van der Waals surface area contributed by atoms with Gasteiger partial charge in [-0.1, -0.05) is 63.2 Å². The number of rotatable bonds is 7. The van der Waals surface area contributed by atoms with E-state index in [0.717, 1.165) is 28.5 Å². The van der Waals surface area contributed by atoms with Crippen molar-refractivity contribution in [1.82, 2.24) is 4.57 Å². The minimum Gasteiger partial charge on any atom is -0.507 e. The number of aliphatic hydroxyl groups excluding tert-OH is 1. The highest BCUT2D eigenvalue weighted by Crippen LogP contribution is 2.44. The highest BCUT2D eigenvalue weighted by atomic mass is 16.5. The predicted octanol–water partition coefficient (Wildman–Crippen LogP) is 6.40. The molecule has 6 nitrogen and oxygen atoms in total. The summed E-state index contributed by atoms with van der Waals surface area (Å²) in [6.07, 6.45) is 2.80. The Hall–Kier alpha value is -4.32. The number of ether oxygens (including phenoxy) is 1. The van der Waals surface area contributed by atoms with Gasteiger partial charge in [0.1, 0.15) is 11.5 Å². The number of Topliss-reactive ketones (excluding diaryl/α,β-unsaturated/α-hetero) is 1. The van der Waals surface area contributed by atoms with Gasteiger partial charge in [0, 0.05) is 41.0 Å². The molecule has 1 amide bonds. The van der Waals surface area contributed by atoms with E-state index in [1.54, 1.807) is 18.2 Å². The van der Waals surface area contributed by atoms with E-state index < -0.39 is 17.7 Å². The van der Waals surface area contributed by atoms with Gasteiger partial charge in [0.05, 0.1) is 18.2 Å². The maximum absolute atomic E-state index is 13.6. The maximum atomic E-state index is 13.6. The normalized spacial score (nSPS) is 17.1. The molecule has 1 saturated heterocycles. The molecule has 1 aliphatic rings. The summed E-state index contributed by atoms with van der Waals surface area (Å²) in [6.45, 7) is 6.71. The summed E-state index contributed by atoms with van der Waals surface area (Å²) >= 11 is 0. The van der Waals surface area contributed by atoms with E-state index in [4.69, 9.17) is 4.74 Å². The SMILES string of the molecule is CCc1ccc(N2C(=O)C(=O)/C(=C(/O)c3cccc(OCC(C)C)c3)C2c2cn(C)c3ccccc23)cc1. The van der Waals surface area contributed by atoms with Crippen LogP contribution in [-0.2, 0) is 23.1 Å². The molecule has 0 spiro atoms. The van der Waals surface area contributed by atoms with Gasteiger partial charge in [0.15, 0.2) is 0 Å². The van der Waals surface area contributed by atoms with E-state index in [9.17, 15) is 14.7 Å². The number of nitrogens with zero attached hydrogens (tertiary/aromatic N) is 2. The zero-order chi connectivity index (χ0) is 27.0. The average Bonchev–Trinajstić information content (AvgIpc) is 3.40. The van der Waals surface area contributed by atoms with Crippen LogP contribution in [0.2, 0.25) is 0 Å². The second-order valence-corrected chi connectivity index (χ2v) is 10.1. The Labute approximate surface area is 222 Å². The molecular formula is C32H32N2O4. The molecule has 0 aliphatic carbocycles. The summed E-state index contributed by atoms with van der Waals surface area (Å²) in [5.74, 6) is -0.671. The first-order valence-corrected chi connectivity index (χ1v) is 13.0. The van der Waals surface area contributed by atoms with Gasteiger partial charge in [-0.05, 0) is 48.2 Å². The second kappa shape index (κ2) is 10.2. The van der Waals surface area contributed by atoms with Crippen LogP contribution in [0.25, 0.3) is 16.7 Å². The average molecular weight is 509 g/mol. The van der Waals surface area contributed by atoms with Crippen molar-refractivity contribution in [2.45, 2.75) is 33.2 Å². The van der Waals surface area contributed by atoms with E-state index in [2.05, 4.69) is 20.8 Å². The van der Waals surface area contributed by atoms with Crippen LogP contribution < -0.4 is 9.64 Å². The van der Waals surface area contributed by atoms with Gasteiger partial charge in [-0.15, -0.1) is 0 Å². The molecule has 0 bridgehead atoms. The molecule has 194 valence electrons. The fourth-order valence-electron chi connectivity index (χ4n) is 5.03. The van der Waals surface area contributed by atoms with Crippen LogP contribution in [-0.4, -0.2) is 28.0 Å². The van der Waals surface area contributed by atoms with Crippen molar-refractivity contribution in [3.05, 3.63) is 101 Å². The van der Waals surface area contributed by atoms with Crippen LogP contribution in [0.4, 0.5) is 5.69 Å². The quantitative estimate of drug-likeness (QED) is 0.178. The number of ketones is 1. The fraction of sp³-hybridized carbons (Fsp3) is 0.250. The second-order valence-electron chi connectivity index (χ2n) is 10.1. The molecule has 6 heteroatoms. The first kappa shape index (κ1) is 25.3. The van der Waals surface area contributed by atoms with Crippen molar-refractivity contribution >= 4 is 34.0 Å². The number of aryl methyl sites for hydroxylation is 2. The highest BCUT2D eigenvalue weighted by molar-refractivity contribution is 6.51. The predicted molar refractivity (Wildman–Crippen MR) is 150 cm³/mol. The number of aliphatic hydroxyl groups is 1. The molecule has 4 aromatic rings. The van der Waals surface area contributed by atoms with Crippen LogP contribution in [0.3, 0.4) is 0 Å². The molecule has 2 heterocycles. The summed E-state index contributed by atoms with van der Waals surface area (Å²) in [7, 11) is 1.93. The van der Waals surface area contributed by atoms with Gasteiger partial charge in [0.25, 0.3) is 11.7 Å². The molecule has 1 aromatic heterocycles. The molecule has 1 aliphatic heterocycles. The number of carbonyl (C=O) groups is 2. The maximum Gasteiger partial charge on any atom is 0.300 e. The number of aromatic nitrogens is 1. The summed E-state index contributed by atoms with van der Waals surface area (Å²) < 4.78 is 7.83. The van der Waals surface area contributed by atoms with E-state index >= 15 is 0 Å². The first-order chi connectivity index (χ1) is 18.3. The Morgan fingerprint density at radius 1 is 1.00 bits per heavy atom. The number of para-hydroxylation sites is 1. The third-order valence-electron chi connectivity index (χ3n) is 6.98. The van der Waals surface area contributed by atoms with Crippen molar-refractivity contribution in [3.63, 3.8) is 0 Å². The topological polar surface area (TPSA) is 71.8 Å². The lowest BCUT2D eigenvalue weighted by Gasteiger charge is -2.25. The fourth-order valence-corrected chi connectivity index (χ4v) is 5.03. The summed E-state index contributed by atoms with van der Waals surface area (Å²) in [5.41, 5.74) is 3.97. The van der Waals surface area contributed by atoms with Crippen molar-refractivity contribution in [3.8, 4) is 5.75 Å². The summed E-state index contributed by atoms with van der Waals surface area (Å²) in [5, 5.41) is 12.5. The van der Waals surface area contributed by atoms with Gasteiger partial charge >= 0.3 is 0 Å². The molecule has 1 N–H and O–H groups in total. The number of hydrogen-bond acceptors (Lipinski definition) is 4. The molecule has 1 fully saturated rings. The minimum absolute atomic E-state index is 0.0620. The molecule has 0 radical (unpaired) electrons.